The molecule has 1 aliphatic rings. The number of piperidine rings is 1. The van der Waals surface area contributed by atoms with Gasteiger partial charge in [0, 0.05) is 45.5 Å². The SMILES string of the molecule is CCN(CC)S(=O)(=O)c1cc(C(=O)NC2CCCN(S(C)(=O)=O)C2)n(C)c1. The molecule has 0 bridgehead atoms. The van der Waals surface area contributed by atoms with Crippen LogP contribution in [-0.2, 0) is 27.1 Å². The van der Waals surface area contributed by atoms with Gasteiger partial charge in [-0.1, -0.05) is 13.8 Å². The Morgan fingerprint density at radius 1 is 1.26 bits per heavy atom. The van der Waals surface area contributed by atoms with Crippen molar-refractivity contribution in [1.29, 1.82) is 0 Å². The molecule has 0 radical (unpaired) electrons. The molecule has 1 amide bonds. The average molecular weight is 421 g/mol. The molecule has 0 spiro atoms. The van der Waals surface area contributed by atoms with E-state index in [1.54, 1.807) is 20.9 Å². The molecule has 1 fully saturated rings. The van der Waals surface area contributed by atoms with E-state index in [-0.39, 0.29) is 23.2 Å². The largest absolute Gasteiger partial charge is 0.347 e. The number of aromatic nitrogens is 1. The van der Waals surface area contributed by atoms with Gasteiger partial charge < -0.3 is 9.88 Å². The maximum Gasteiger partial charge on any atom is 0.268 e. The molecule has 11 heteroatoms. The lowest BCUT2D eigenvalue weighted by atomic mass is 10.1. The number of hydrogen-bond acceptors (Lipinski definition) is 5. The average Bonchev–Trinajstić information content (AvgIpc) is 2.98. The molecule has 0 aliphatic carbocycles. The van der Waals surface area contributed by atoms with Crippen molar-refractivity contribution in [2.75, 3.05) is 32.4 Å². The van der Waals surface area contributed by atoms with E-state index in [0.29, 0.717) is 32.5 Å². The highest BCUT2D eigenvalue weighted by atomic mass is 32.2. The Hall–Kier alpha value is -1.43. The van der Waals surface area contributed by atoms with Gasteiger partial charge in [-0.25, -0.2) is 21.1 Å². The van der Waals surface area contributed by atoms with Crippen LogP contribution in [-0.4, -0.2) is 74.4 Å². The van der Waals surface area contributed by atoms with Gasteiger partial charge in [0.15, 0.2) is 0 Å². The number of sulfonamides is 2. The van der Waals surface area contributed by atoms with Crippen LogP contribution in [0.25, 0.3) is 0 Å². The molecule has 1 aromatic rings. The van der Waals surface area contributed by atoms with E-state index in [1.807, 2.05) is 0 Å². The predicted molar refractivity (Wildman–Crippen MR) is 102 cm³/mol. The molecule has 0 aromatic carbocycles. The van der Waals surface area contributed by atoms with Gasteiger partial charge in [0.25, 0.3) is 5.91 Å². The quantitative estimate of drug-likeness (QED) is 0.678. The molecule has 0 saturated carbocycles. The molecule has 1 unspecified atom stereocenters. The Balaban J connectivity index is 2.17. The maximum atomic E-state index is 12.6. The molecule has 1 atom stereocenters. The van der Waals surface area contributed by atoms with Crippen LogP contribution in [0.3, 0.4) is 0 Å². The highest BCUT2D eigenvalue weighted by Gasteiger charge is 2.29. The summed E-state index contributed by atoms with van der Waals surface area (Å²) in [6.07, 6.45) is 3.91. The van der Waals surface area contributed by atoms with Crippen LogP contribution in [0.4, 0.5) is 0 Å². The number of rotatable bonds is 7. The van der Waals surface area contributed by atoms with Gasteiger partial charge in [-0.2, -0.15) is 4.31 Å². The van der Waals surface area contributed by atoms with Crippen molar-refractivity contribution in [2.24, 2.45) is 7.05 Å². The molecule has 27 heavy (non-hydrogen) atoms. The first-order chi connectivity index (χ1) is 12.5. The van der Waals surface area contributed by atoms with Crippen molar-refractivity contribution in [3.63, 3.8) is 0 Å². The summed E-state index contributed by atoms with van der Waals surface area (Å²) in [6.45, 7) is 4.88. The van der Waals surface area contributed by atoms with E-state index in [4.69, 9.17) is 0 Å². The lowest BCUT2D eigenvalue weighted by Gasteiger charge is -2.31. The zero-order valence-corrected chi connectivity index (χ0v) is 17.8. The molecule has 1 aromatic heterocycles. The van der Waals surface area contributed by atoms with Gasteiger partial charge in [-0.05, 0) is 18.9 Å². The summed E-state index contributed by atoms with van der Waals surface area (Å²) in [7, 11) is -5.35. The fraction of sp³-hybridized carbons (Fsp3) is 0.688. The third-order valence-corrected chi connectivity index (χ3v) is 8.03. The Morgan fingerprint density at radius 3 is 2.44 bits per heavy atom. The first-order valence-corrected chi connectivity index (χ1v) is 12.2. The second kappa shape index (κ2) is 8.29. The van der Waals surface area contributed by atoms with E-state index in [2.05, 4.69) is 5.32 Å². The highest BCUT2D eigenvalue weighted by Crippen LogP contribution is 2.19. The lowest BCUT2D eigenvalue weighted by molar-refractivity contribution is 0.0913. The van der Waals surface area contributed by atoms with Crippen LogP contribution in [0.15, 0.2) is 17.2 Å². The number of amides is 1. The lowest BCUT2D eigenvalue weighted by Crippen LogP contribution is -2.49. The summed E-state index contributed by atoms with van der Waals surface area (Å²) in [5.41, 5.74) is 0.220. The zero-order valence-electron chi connectivity index (χ0n) is 16.2. The second-order valence-electron chi connectivity index (χ2n) is 6.69. The number of carbonyl (C=O) groups is 1. The zero-order chi connectivity index (χ0) is 20.4. The number of hydrogen-bond donors (Lipinski definition) is 1. The van der Waals surface area contributed by atoms with Gasteiger partial charge in [0.2, 0.25) is 20.0 Å². The molecular formula is C16H28N4O5S2. The number of carbonyl (C=O) groups excluding carboxylic acids is 1. The second-order valence-corrected chi connectivity index (χ2v) is 10.6. The minimum absolute atomic E-state index is 0.0697. The Bertz CT molecular complexity index is 888. The molecule has 2 rings (SSSR count). The molecule has 2 heterocycles. The molecule has 154 valence electrons. The Labute approximate surface area is 161 Å². The van der Waals surface area contributed by atoms with Gasteiger partial charge in [-0.15, -0.1) is 0 Å². The topological polar surface area (TPSA) is 109 Å². The first kappa shape index (κ1) is 21.9. The monoisotopic (exact) mass is 420 g/mol. The van der Waals surface area contributed by atoms with Gasteiger partial charge in [0.1, 0.15) is 10.6 Å². The Kier molecular flexibility index (Phi) is 6.72. The van der Waals surface area contributed by atoms with Gasteiger partial charge >= 0.3 is 0 Å². The number of nitrogens with one attached hydrogen (secondary N) is 1. The van der Waals surface area contributed by atoms with E-state index in [1.165, 1.54) is 25.4 Å². The fourth-order valence-electron chi connectivity index (χ4n) is 3.23. The summed E-state index contributed by atoms with van der Waals surface area (Å²) in [5.74, 6) is -0.418. The normalized spacial score (nSPS) is 19.4. The van der Waals surface area contributed by atoms with Crippen molar-refractivity contribution in [3.05, 3.63) is 18.0 Å². The van der Waals surface area contributed by atoms with Crippen molar-refractivity contribution >= 4 is 26.0 Å². The number of nitrogens with zero attached hydrogens (tertiary/aromatic N) is 3. The molecule has 9 nitrogen and oxygen atoms in total. The summed E-state index contributed by atoms with van der Waals surface area (Å²) >= 11 is 0. The van der Waals surface area contributed by atoms with Crippen LogP contribution in [0.2, 0.25) is 0 Å². The van der Waals surface area contributed by atoms with Gasteiger partial charge in [-0.3, -0.25) is 4.79 Å². The van der Waals surface area contributed by atoms with Crippen molar-refractivity contribution in [2.45, 2.75) is 37.6 Å². The van der Waals surface area contributed by atoms with Crippen molar-refractivity contribution < 1.29 is 21.6 Å². The van der Waals surface area contributed by atoms with Crippen LogP contribution in [0.5, 0.6) is 0 Å². The molecular weight excluding hydrogens is 392 g/mol. The highest BCUT2D eigenvalue weighted by molar-refractivity contribution is 7.89. The third kappa shape index (κ3) is 4.89. The minimum Gasteiger partial charge on any atom is -0.347 e. The van der Waals surface area contributed by atoms with E-state index < -0.39 is 26.0 Å². The van der Waals surface area contributed by atoms with Crippen LogP contribution >= 0.6 is 0 Å². The summed E-state index contributed by atoms with van der Waals surface area (Å²) < 4.78 is 52.8. The van der Waals surface area contributed by atoms with Crippen LogP contribution in [0.1, 0.15) is 37.2 Å². The van der Waals surface area contributed by atoms with Crippen molar-refractivity contribution in [1.82, 2.24) is 18.5 Å². The standard InChI is InChI=1S/C16H28N4O5S2/c1-5-19(6-2)27(24,25)14-10-15(18(3)12-14)16(21)17-13-8-7-9-20(11-13)26(4,22)23/h10,12-13H,5-9,11H2,1-4H3,(H,17,21). The smallest absolute Gasteiger partial charge is 0.268 e. The minimum atomic E-state index is -3.65. The molecule has 1 saturated heterocycles. The van der Waals surface area contributed by atoms with Crippen molar-refractivity contribution in [3.8, 4) is 0 Å². The summed E-state index contributed by atoms with van der Waals surface area (Å²) in [5, 5.41) is 2.83. The fourth-order valence-corrected chi connectivity index (χ4v) is 5.68. The number of aryl methyl sites for hydroxylation is 1. The summed E-state index contributed by atoms with van der Waals surface area (Å²) in [6, 6.07) is 1.05. The van der Waals surface area contributed by atoms with E-state index in [0.717, 1.165) is 6.26 Å². The van der Waals surface area contributed by atoms with Crippen LogP contribution < -0.4 is 5.32 Å². The predicted octanol–water partition coefficient (Wildman–Crippen LogP) is 0.209. The van der Waals surface area contributed by atoms with Gasteiger partial charge in [0.05, 0.1) is 6.26 Å². The maximum absolute atomic E-state index is 12.6. The molecule has 1 N–H and O–H groups in total. The van der Waals surface area contributed by atoms with E-state index >= 15 is 0 Å². The molecule has 1 aliphatic heterocycles. The third-order valence-electron chi connectivity index (χ3n) is 4.74. The first-order valence-electron chi connectivity index (χ1n) is 8.93. The summed E-state index contributed by atoms with van der Waals surface area (Å²) in [4.78, 5) is 12.7. The van der Waals surface area contributed by atoms with Crippen LogP contribution in [0, 0.1) is 0 Å². The Morgan fingerprint density at radius 2 is 1.89 bits per heavy atom. The van der Waals surface area contributed by atoms with E-state index in [9.17, 15) is 21.6 Å².